The Kier molecular flexibility index (Phi) is 35.2. The molecule has 0 fully saturated rings. The van der Waals surface area contributed by atoms with Crippen molar-refractivity contribution in [3.63, 3.8) is 0 Å². The van der Waals surface area contributed by atoms with Crippen molar-refractivity contribution in [2.75, 3.05) is 0 Å². The van der Waals surface area contributed by atoms with E-state index in [0.717, 1.165) is 103 Å². The summed E-state index contributed by atoms with van der Waals surface area (Å²) in [5.41, 5.74) is 0. The van der Waals surface area contributed by atoms with Gasteiger partial charge in [-0.3, -0.25) is 9.59 Å². The molecule has 0 heterocycles. The molecule has 0 aromatic rings. The maximum atomic E-state index is 12.6. The number of aliphatic carboxylic acids is 1. The molecular formula is C42H72O4. The molecule has 264 valence electrons. The number of carbonyl (C=O) groups is 2. The summed E-state index contributed by atoms with van der Waals surface area (Å²) >= 11 is 0. The van der Waals surface area contributed by atoms with Crippen LogP contribution in [0.1, 0.15) is 187 Å². The summed E-state index contributed by atoms with van der Waals surface area (Å²) in [6, 6.07) is 0. The van der Waals surface area contributed by atoms with E-state index in [1.54, 1.807) is 0 Å². The van der Waals surface area contributed by atoms with Crippen molar-refractivity contribution in [1.29, 1.82) is 0 Å². The number of allylic oxidation sites excluding steroid dienone is 10. The SMILES string of the molecule is CC/C=C\C/C=C\C/C=C\C/C=C\C/C=C\CCCCCC(=O)OC(CCCCCCC)CCCCCCCCCCCC(=O)O. The van der Waals surface area contributed by atoms with Crippen LogP contribution in [0.25, 0.3) is 0 Å². The van der Waals surface area contributed by atoms with E-state index in [4.69, 9.17) is 9.84 Å². The number of hydrogen-bond donors (Lipinski definition) is 1. The Morgan fingerprint density at radius 1 is 0.500 bits per heavy atom. The van der Waals surface area contributed by atoms with Crippen molar-refractivity contribution in [2.24, 2.45) is 0 Å². The van der Waals surface area contributed by atoms with Gasteiger partial charge >= 0.3 is 11.9 Å². The van der Waals surface area contributed by atoms with Gasteiger partial charge in [0.15, 0.2) is 0 Å². The Morgan fingerprint density at radius 2 is 0.913 bits per heavy atom. The van der Waals surface area contributed by atoms with E-state index in [2.05, 4.69) is 74.6 Å². The highest BCUT2D eigenvalue weighted by Crippen LogP contribution is 2.18. The number of ether oxygens (including phenoxy) is 1. The minimum atomic E-state index is -0.682. The average molecular weight is 641 g/mol. The van der Waals surface area contributed by atoms with E-state index in [1.807, 2.05) is 0 Å². The molecule has 0 aliphatic carbocycles. The first-order valence-electron chi connectivity index (χ1n) is 19.3. The molecule has 0 aromatic carbocycles. The lowest BCUT2D eigenvalue weighted by molar-refractivity contribution is -0.150. The minimum absolute atomic E-state index is 0.00339. The van der Waals surface area contributed by atoms with Crippen LogP contribution in [0, 0.1) is 0 Å². The molecule has 0 amide bonds. The number of carboxylic acid groups (broad SMARTS) is 1. The van der Waals surface area contributed by atoms with Gasteiger partial charge in [-0.25, -0.2) is 0 Å². The van der Waals surface area contributed by atoms with Crippen LogP contribution in [0.4, 0.5) is 0 Å². The van der Waals surface area contributed by atoms with E-state index in [-0.39, 0.29) is 12.1 Å². The second-order valence-electron chi connectivity index (χ2n) is 12.7. The third kappa shape index (κ3) is 36.1. The second-order valence-corrected chi connectivity index (χ2v) is 12.7. The highest BCUT2D eigenvalue weighted by atomic mass is 16.5. The van der Waals surface area contributed by atoms with Crippen LogP contribution in [0.3, 0.4) is 0 Å². The predicted molar refractivity (Wildman–Crippen MR) is 199 cm³/mol. The summed E-state index contributed by atoms with van der Waals surface area (Å²) in [7, 11) is 0. The van der Waals surface area contributed by atoms with Crippen LogP contribution in [0.5, 0.6) is 0 Å². The molecule has 0 bridgehead atoms. The minimum Gasteiger partial charge on any atom is -0.481 e. The Labute approximate surface area is 284 Å². The van der Waals surface area contributed by atoms with Gasteiger partial charge in [0.05, 0.1) is 0 Å². The molecule has 0 rings (SSSR count). The molecule has 1 unspecified atom stereocenters. The lowest BCUT2D eigenvalue weighted by atomic mass is 10.0. The second kappa shape index (κ2) is 37.1. The van der Waals surface area contributed by atoms with Gasteiger partial charge < -0.3 is 9.84 Å². The standard InChI is InChI=1S/C42H72O4/c1-3-5-7-9-10-11-12-13-14-15-16-17-18-19-20-24-27-31-35-39-42(45)46-40(36-32-28-8-6-4-2)37-33-29-25-22-21-23-26-30-34-38-41(43)44/h5,7,10-11,13-14,16-17,19-20,40H,3-4,6,8-9,12,15,18,21-39H2,1-2H3,(H,43,44)/b7-5-,11-10-,14-13-,17-16-,20-19-. The fourth-order valence-corrected chi connectivity index (χ4v) is 5.45. The zero-order valence-electron chi connectivity index (χ0n) is 30.1. The summed E-state index contributed by atoms with van der Waals surface area (Å²) in [6.45, 7) is 4.40. The number of rotatable bonds is 34. The lowest BCUT2D eigenvalue weighted by Crippen LogP contribution is -2.18. The number of unbranched alkanes of at least 4 members (excludes halogenated alkanes) is 15. The van der Waals surface area contributed by atoms with Crippen LogP contribution >= 0.6 is 0 Å². The lowest BCUT2D eigenvalue weighted by Gasteiger charge is -2.18. The van der Waals surface area contributed by atoms with Crippen molar-refractivity contribution in [3.05, 3.63) is 60.8 Å². The Morgan fingerprint density at radius 3 is 1.41 bits per heavy atom. The summed E-state index contributed by atoms with van der Waals surface area (Å²) in [4.78, 5) is 23.2. The molecule has 0 aliphatic rings. The summed E-state index contributed by atoms with van der Waals surface area (Å²) in [5, 5.41) is 8.71. The van der Waals surface area contributed by atoms with Crippen molar-refractivity contribution in [2.45, 2.75) is 193 Å². The summed E-state index contributed by atoms with van der Waals surface area (Å²) in [6.07, 6.45) is 51.1. The van der Waals surface area contributed by atoms with Crippen LogP contribution in [0.2, 0.25) is 0 Å². The highest BCUT2D eigenvalue weighted by molar-refractivity contribution is 5.69. The normalized spacial score (nSPS) is 12.9. The third-order valence-corrected chi connectivity index (χ3v) is 8.25. The molecule has 1 atom stereocenters. The molecular weight excluding hydrogens is 568 g/mol. The molecule has 46 heavy (non-hydrogen) atoms. The molecule has 0 spiro atoms. The number of carboxylic acids is 1. The smallest absolute Gasteiger partial charge is 0.306 e. The Hall–Kier alpha value is -2.36. The zero-order valence-corrected chi connectivity index (χ0v) is 30.1. The first-order chi connectivity index (χ1) is 22.6. The molecule has 4 heteroatoms. The number of carbonyl (C=O) groups excluding carboxylic acids is 1. The predicted octanol–water partition coefficient (Wildman–Crippen LogP) is 13.3. The van der Waals surface area contributed by atoms with E-state index >= 15 is 0 Å². The summed E-state index contributed by atoms with van der Waals surface area (Å²) < 4.78 is 5.98. The molecule has 1 N–H and O–H groups in total. The van der Waals surface area contributed by atoms with Crippen LogP contribution in [0.15, 0.2) is 60.8 Å². The zero-order chi connectivity index (χ0) is 33.6. The third-order valence-electron chi connectivity index (χ3n) is 8.25. The first kappa shape index (κ1) is 43.6. The summed E-state index contributed by atoms with van der Waals surface area (Å²) in [5.74, 6) is -0.686. The Bertz CT molecular complexity index is 820. The average Bonchev–Trinajstić information content (AvgIpc) is 3.04. The Balaban J connectivity index is 3.98. The van der Waals surface area contributed by atoms with Crippen LogP contribution < -0.4 is 0 Å². The van der Waals surface area contributed by atoms with Gasteiger partial charge in [-0.1, -0.05) is 152 Å². The van der Waals surface area contributed by atoms with E-state index in [9.17, 15) is 9.59 Å². The van der Waals surface area contributed by atoms with Crippen molar-refractivity contribution >= 4 is 11.9 Å². The van der Waals surface area contributed by atoms with Crippen LogP contribution in [-0.4, -0.2) is 23.1 Å². The van der Waals surface area contributed by atoms with E-state index in [1.165, 1.54) is 57.8 Å². The topological polar surface area (TPSA) is 63.6 Å². The van der Waals surface area contributed by atoms with Crippen molar-refractivity contribution in [1.82, 2.24) is 0 Å². The maximum absolute atomic E-state index is 12.6. The molecule has 0 saturated carbocycles. The van der Waals surface area contributed by atoms with E-state index in [0.29, 0.717) is 12.8 Å². The first-order valence-corrected chi connectivity index (χ1v) is 19.3. The van der Waals surface area contributed by atoms with Gasteiger partial charge in [-0.15, -0.1) is 0 Å². The molecule has 0 aliphatic heterocycles. The molecule has 4 nitrogen and oxygen atoms in total. The van der Waals surface area contributed by atoms with Crippen molar-refractivity contribution < 1.29 is 19.4 Å². The van der Waals surface area contributed by atoms with Crippen LogP contribution in [-0.2, 0) is 14.3 Å². The quantitative estimate of drug-likeness (QED) is 0.0432. The fraction of sp³-hybridized carbons (Fsp3) is 0.714. The molecule has 0 radical (unpaired) electrons. The van der Waals surface area contributed by atoms with Gasteiger partial charge in [-0.2, -0.15) is 0 Å². The number of hydrogen-bond acceptors (Lipinski definition) is 3. The molecule has 0 saturated heterocycles. The van der Waals surface area contributed by atoms with E-state index < -0.39 is 5.97 Å². The molecule has 0 aromatic heterocycles. The number of esters is 1. The van der Waals surface area contributed by atoms with Gasteiger partial charge in [0.1, 0.15) is 6.10 Å². The fourth-order valence-electron chi connectivity index (χ4n) is 5.45. The van der Waals surface area contributed by atoms with Gasteiger partial charge in [0.2, 0.25) is 0 Å². The van der Waals surface area contributed by atoms with Gasteiger partial charge in [0, 0.05) is 12.8 Å². The highest BCUT2D eigenvalue weighted by Gasteiger charge is 2.14. The van der Waals surface area contributed by atoms with Gasteiger partial charge in [0.25, 0.3) is 0 Å². The van der Waals surface area contributed by atoms with Crippen molar-refractivity contribution in [3.8, 4) is 0 Å². The van der Waals surface area contributed by atoms with Gasteiger partial charge in [-0.05, 0) is 83.5 Å². The largest absolute Gasteiger partial charge is 0.481 e. The monoisotopic (exact) mass is 641 g/mol. The maximum Gasteiger partial charge on any atom is 0.306 e.